The van der Waals surface area contributed by atoms with Crippen molar-refractivity contribution in [2.75, 3.05) is 13.7 Å². The van der Waals surface area contributed by atoms with Gasteiger partial charge in [0.15, 0.2) is 6.04 Å². The minimum atomic E-state index is -1.65. The Morgan fingerprint density at radius 1 is 1.17 bits per heavy atom. The molecular formula is C21H25FN2O6. The van der Waals surface area contributed by atoms with E-state index in [0.29, 0.717) is 11.1 Å². The molecule has 1 N–H and O–H groups in total. The first-order valence-corrected chi connectivity index (χ1v) is 9.43. The summed E-state index contributed by atoms with van der Waals surface area (Å²) in [5.74, 6) is -2.69. The van der Waals surface area contributed by atoms with Crippen LogP contribution in [0.2, 0.25) is 0 Å². The van der Waals surface area contributed by atoms with Gasteiger partial charge in [-0.2, -0.15) is 0 Å². The standard InChI is InChI=1S/C21H25FN2O6/c1-21(2,3)30-20(28)23-16(19(27)29-4)15(22)11-7-8-12-24-17(25)13-9-5-6-10-14(13)18(24)26/h5-6,9-11,16H,7-8,12H2,1-4H3,(H,23,28)/b15-11-. The Morgan fingerprint density at radius 3 is 2.23 bits per heavy atom. The maximum Gasteiger partial charge on any atom is 0.408 e. The number of methoxy groups -OCH3 is 1. The largest absolute Gasteiger partial charge is 0.467 e. The molecule has 1 aliphatic rings. The van der Waals surface area contributed by atoms with Crippen molar-refractivity contribution in [3.63, 3.8) is 0 Å². The second kappa shape index (κ2) is 9.51. The average molecular weight is 420 g/mol. The van der Waals surface area contributed by atoms with Crippen LogP contribution < -0.4 is 5.32 Å². The molecule has 1 aromatic carbocycles. The predicted octanol–water partition coefficient (Wildman–Crippen LogP) is 2.98. The molecule has 0 spiro atoms. The Morgan fingerprint density at radius 2 is 1.73 bits per heavy atom. The predicted molar refractivity (Wildman–Crippen MR) is 105 cm³/mol. The number of ether oxygens (including phenoxy) is 2. The molecule has 0 radical (unpaired) electrons. The van der Waals surface area contributed by atoms with Gasteiger partial charge in [-0.05, 0) is 45.7 Å². The molecule has 0 aromatic heterocycles. The quantitative estimate of drug-likeness (QED) is 0.413. The number of imide groups is 1. The van der Waals surface area contributed by atoms with E-state index in [-0.39, 0.29) is 31.2 Å². The van der Waals surface area contributed by atoms with Crippen molar-refractivity contribution >= 4 is 23.9 Å². The van der Waals surface area contributed by atoms with Crippen LogP contribution in [0.1, 0.15) is 54.3 Å². The summed E-state index contributed by atoms with van der Waals surface area (Å²) in [7, 11) is 1.07. The second-order valence-corrected chi connectivity index (χ2v) is 7.64. The van der Waals surface area contributed by atoms with Gasteiger partial charge in [0.2, 0.25) is 0 Å². The number of amides is 3. The Kier molecular flexibility index (Phi) is 7.31. The summed E-state index contributed by atoms with van der Waals surface area (Å²) in [5.41, 5.74) is -0.134. The SMILES string of the molecule is COC(=O)C(NC(=O)OC(C)(C)C)/C(F)=C/CCCN1C(=O)c2ccccc2C1=O. The number of allylic oxidation sites excluding steroid dienone is 1. The van der Waals surface area contributed by atoms with Gasteiger partial charge in [-0.25, -0.2) is 14.0 Å². The molecule has 0 bridgehead atoms. The normalized spacial score (nSPS) is 15.0. The van der Waals surface area contributed by atoms with Gasteiger partial charge >= 0.3 is 12.1 Å². The maximum atomic E-state index is 14.5. The first kappa shape index (κ1) is 23.1. The summed E-state index contributed by atoms with van der Waals surface area (Å²) in [6.45, 7) is 4.99. The first-order valence-electron chi connectivity index (χ1n) is 9.43. The maximum absolute atomic E-state index is 14.5. The van der Waals surface area contributed by atoms with Crippen LogP contribution in [0.5, 0.6) is 0 Å². The van der Waals surface area contributed by atoms with Gasteiger partial charge in [0.05, 0.1) is 18.2 Å². The van der Waals surface area contributed by atoms with E-state index >= 15 is 0 Å². The molecule has 9 heteroatoms. The fourth-order valence-electron chi connectivity index (χ4n) is 2.83. The second-order valence-electron chi connectivity index (χ2n) is 7.64. The minimum Gasteiger partial charge on any atom is -0.467 e. The van der Waals surface area contributed by atoms with Crippen LogP contribution in [0.25, 0.3) is 0 Å². The topological polar surface area (TPSA) is 102 Å². The summed E-state index contributed by atoms with van der Waals surface area (Å²) in [6.07, 6.45) is 0.548. The van der Waals surface area contributed by atoms with Crippen LogP contribution in [0.3, 0.4) is 0 Å². The van der Waals surface area contributed by atoms with E-state index < -0.39 is 29.5 Å². The molecule has 0 saturated heterocycles. The number of halogens is 1. The van der Waals surface area contributed by atoms with Gasteiger partial charge in [0.1, 0.15) is 11.4 Å². The van der Waals surface area contributed by atoms with Crippen LogP contribution in [-0.2, 0) is 14.3 Å². The van der Waals surface area contributed by atoms with E-state index in [0.717, 1.165) is 18.1 Å². The molecule has 2 rings (SSSR count). The molecule has 0 saturated carbocycles. The fourth-order valence-corrected chi connectivity index (χ4v) is 2.83. The molecule has 3 amide bonds. The molecule has 1 unspecified atom stereocenters. The number of nitrogens with one attached hydrogen (secondary N) is 1. The minimum absolute atomic E-state index is 0.0957. The zero-order valence-corrected chi connectivity index (χ0v) is 17.4. The third-order valence-electron chi connectivity index (χ3n) is 4.18. The highest BCUT2D eigenvalue weighted by Crippen LogP contribution is 2.23. The highest BCUT2D eigenvalue weighted by atomic mass is 19.1. The van der Waals surface area contributed by atoms with Crippen molar-refractivity contribution in [2.24, 2.45) is 0 Å². The summed E-state index contributed by atoms with van der Waals surface area (Å²) >= 11 is 0. The number of rotatable bonds is 7. The Balaban J connectivity index is 1.95. The third kappa shape index (κ3) is 5.65. The zero-order chi connectivity index (χ0) is 22.5. The van der Waals surface area contributed by atoms with E-state index in [1.54, 1.807) is 45.0 Å². The number of carbonyl (C=O) groups is 4. The van der Waals surface area contributed by atoms with Crippen molar-refractivity contribution in [3.05, 3.63) is 47.3 Å². The molecule has 0 aliphatic carbocycles. The molecule has 30 heavy (non-hydrogen) atoms. The molecule has 8 nitrogen and oxygen atoms in total. The summed E-state index contributed by atoms with van der Waals surface area (Å²) in [5, 5.41) is 2.13. The average Bonchev–Trinajstić information content (AvgIpc) is 2.92. The van der Waals surface area contributed by atoms with Crippen LogP contribution in [0, 0.1) is 0 Å². The van der Waals surface area contributed by atoms with Gasteiger partial charge < -0.3 is 14.8 Å². The lowest BCUT2D eigenvalue weighted by molar-refractivity contribution is -0.142. The number of alkyl carbamates (subject to hydrolysis) is 1. The van der Waals surface area contributed by atoms with Crippen LogP contribution in [-0.4, -0.2) is 54.1 Å². The lowest BCUT2D eigenvalue weighted by Gasteiger charge is -2.22. The monoisotopic (exact) mass is 420 g/mol. The Labute approximate surface area is 174 Å². The summed E-state index contributed by atoms with van der Waals surface area (Å²) in [6, 6.07) is 4.87. The summed E-state index contributed by atoms with van der Waals surface area (Å²) in [4.78, 5) is 49.4. The number of carbonyl (C=O) groups excluding carboxylic acids is 4. The molecule has 1 atom stereocenters. The van der Waals surface area contributed by atoms with E-state index in [1.165, 1.54) is 0 Å². The molecule has 1 heterocycles. The molecule has 0 fully saturated rings. The fraction of sp³-hybridized carbons (Fsp3) is 0.429. The Hall–Kier alpha value is -3.23. The van der Waals surface area contributed by atoms with Crippen molar-refractivity contribution < 1.29 is 33.0 Å². The number of esters is 1. The number of unbranched alkanes of at least 4 members (excludes halogenated alkanes) is 1. The first-order chi connectivity index (χ1) is 14.0. The number of nitrogens with zero attached hydrogens (tertiary/aromatic N) is 1. The molecular weight excluding hydrogens is 395 g/mol. The Bertz CT molecular complexity index is 839. The third-order valence-corrected chi connectivity index (χ3v) is 4.18. The molecule has 162 valence electrons. The van der Waals surface area contributed by atoms with Crippen LogP contribution >= 0.6 is 0 Å². The number of hydrogen-bond acceptors (Lipinski definition) is 6. The van der Waals surface area contributed by atoms with E-state index in [9.17, 15) is 23.6 Å². The number of hydrogen-bond donors (Lipinski definition) is 1. The zero-order valence-electron chi connectivity index (χ0n) is 17.4. The van der Waals surface area contributed by atoms with E-state index in [1.807, 2.05) is 0 Å². The highest BCUT2D eigenvalue weighted by molar-refractivity contribution is 6.21. The molecule has 1 aromatic rings. The molecule has 1 aliphatic heterocycles. The lowest BCUT2D eigenvalue weighted by atomic mass is 10.1. The van der Waals surface area contributed by atoms with Gasteiger partial charge in [-0.15, -0.1) is 0 Å². The number of benzene rings is 1. The lowest BCUT2D eigenvalue weighted by Crippen LogP contribution is -2.44. The van der Waals surface area contributed by atoms with E-state index in [4.69, 9.17) is 4.74 Å². The van der Waals surface area contributed by atoms with Crippen molar-refractivity contribution in [2.45, 2.75) is 45.3 Å². The van der Waals surface area contributed by atoms with Crippen LogP contribution in [0.15, 0.2) is 36.2 Å². The van der Waals surface area contributed by atoms with E-state index in [2.05, 4.69) is 10.1 Å². The van der Waals surface area contributed by atoms with Gasteiger partial charge in [0, 0.05) is 6.54 Å². The van der Waals surface area contributed by atoms with Crippen molar-refractivity contribution in [1.29, 1.82) is 0 Å². The smallest absolute Gasteiger partial charge is 0.408 e. The van der Waals surface area contributed by atoms with Crippen molar-refractivity contribution in [3.8, 4) is 0 Å². The van der Waals surface area contributed by atoms with Gasteiger partial charge in [0.25, 0.3) is 11.8 Å². The van der Waals surface area contributed by atoms with Gasteiger partial charge in [-0.3, -0.25) is 14.5 Å². The number of fused-ring (bicyclic) bond motifs is 1. The van der Waals surface area contributed by atoms with Gasteiger partial charge in [-0.1, -0.05) is 18.2 Å². The van der Waals surface area contributed by atoms with Crippen LogP contribution in [0.4, 0.5) is 9.18 Å². The van der Waals surface area contributed by atoms with Crippen molar-refractivity contribution in [1.82, 2.24) is 10.2 Å². The summed E-state index contributed by atoms with van der Waals surface area (Å²) < 4.78 is 24.1. The highest BCUT2D eigenvalue weighted by Gasteiger charge is 2.34.